The Morgan fingerprint density at radius 2 is 1.57 bits per heavy atom. The summed E-state index contributed by atoms with van der Waals surface area (Å²) < 4.78 is 0. The van der Waals surface area contributed by atoms with E-state index in [2.05, 4.69) is 64.1 Å². The summed E-state index contributed by atoms with van der Waals surface area (Å²) in [6.07, 6.45) is 0. The minimum Gasteiger partial charge on any atom is -0.373 e. The van der Waals surface area contributed by atoms with E-state index in [0.717, 1.165) is 29.6 Å². The maximum absolute atomic E-state index is 4.71. The Labute approximate surface area is 129 Å². The zero-order chi connectivity index (χ0) is 16.0. The van der Waals surface area contributed by atoms with Crippen LogP contribution in [0.3, 0.4) is 0 Å². The van der Waals surface area contributed by atoms with E-state index in [0.29, 0.717) is 22.7 Å². The Morgan fingerprint density at radius 3 is 2.00 bits per heavy atom. The number of hydrogen-bond acceptors (Lipinski definition) is 4. The summed E-state index contributed by atoms with van der Waals surface area (Å²) >= 11 is 0. The SMILES string of the molecule is CNc1nc(C(C)C)nc(NCC2C(C)(C)C2(C)C)c1C. The molecule has 118 valence electrons. The standard InChI is InChI=1S/C17H30N4/c1-10(2)13-20-14(18-8)11(3)15(21-13)19-9-12-16(4,5)17(12,6)7/h10,12H,9H2,1-8H3,(H2,18,19,20,21). The van der Waals surface area contributed by atoms with E-state index in [1.54, 1.807) is 0 Å². The fraction of sp³-hybridized carbons (Fsp3) is 0.765. The van der Waals surface area contributed by atoms with Crippen molar-refractivity contribution in [2.75, 3.05) is 24.2 Å². The first-order chi connectivity index (χ1) is 9.62. The minimum absolute atomic E-state index is 0.326. The zero-order valence-corrected chi connectivity index (χ0v) is 14.8. The maximum Gasteiger partial charge on any atom is 0.135 e. The number of nitrogens with zero attached hydrogens (tertiary/aromatic N) is 2. The largest absolute Gasteiger partial charge is 0.373 e. The number of rotatable bonds is 5. The van der Waals surface area contributed by atoms with E-state index in [-0.39, 0.29) is 0 Å². The lowest BCUT2D eigenvalue weighted by molar-refractivity contribution is 0.457. The number of anilines is 2. The van der Waals surface area contributed by atoms with E-state index >= 15 is 0 Å². The van der Waals surface area contributed by atoms with Crippen LogP contribution in [0.25, 0.3) is 0 Å². The van der Waals surface area contributed by atoms with Gasteiger partial charge in [0, 0.05) is 25.1 Å². The highest BCUT2D eigenvalue weighted by atomic mass is 15.1. The van der Waals surface area contributed by atoms with Gasteiger partial charge in [-0.3, -0.25) is 0 Å². The van der Waals surface area contributed by atoms with Crippen LogP contribution < -0.4 is 10.6 Å². The van der Waals surface area contributed by atoms with E-state index in [1.807, 2.05) is 7.05 Å². The topological polar surface area (TPSA) is 49.8 Å². The zero-order valence-electron chi connectivity index (χ0n) is 14.8. The van der Waals surface area contributed by atoms with Gasteiger partial charge in [-0.25, -0.2) is 9.97 Å². The second-order valence-electron chi connectivity index (χ2n) is 7.69. The van der Waals surface area contributed by atoms with Crippen molar-refractivity contribution in [2.45, 2.75) is 54.4 Å². The predicted molar refractivity (Wildman–Crippen MR) is 89.9 cm³/mol. The van der Waals surface area contributed by atoms with Crippen molar-refractivity contribution < 1.29 is 0 Å². The molecule has 1 fully saturated rings. The molecule has 0 aromatic carbocycles. The molecule has 0 amide bonds. The van der Waals surface area contributed by atoms with Gasteiger partial charge in [-0.2, -0.15) is 0 Å². The van der Waals surface area contributed by atoms with Gasteiger partial charge in [-0.05, 0) is 23.7 Å². The first-order valence-corrected chi connectivity index (χ1v) is 7.93. The first-order valence-electron chi connectivity index (χ1n) is 7.93. The Balaban J connectivity index is 2.19. The van der Waals surface area contributed by atoms with Crippen LogP contribution in [0.1, 0.15) is 58.8 Å². The van der Waals surface area contributed by atoms with Gasteiger partial charge < -0.3 is 10.6 Å². The summed E-state index contributed by atoms with van der Waals surface area (Å²) in [4.78, 5) is 9.30. The summed E-state index contributed by atoms with van der Waals surface area (Å²) in [6.45, 7) is 16.7. The van der Waals surface area contributed by atoms with Crippen molar-refractivity contribution in [3.63, 3.8) is 0 Å². The number of nitrogens with one attached hydrogen (secondary N) is 2. The molecule has 0 aliphatic heterocycles. The van der Waals surface area contributed by atoms with Crippen molar-refractivity contribution >= 4 is 11.6 Å². The number of aromatic nitrogens is 2. The summed E-state index contributed by atoms with van der Waals surface area (Å²) in [5.41, 5.74) is 1.89. The van der Waals surface area contributed by atoms with Crippen molar-refractivity contribution in [1.82, 2.24) is 9.97 Å². The third-order valence-electron chi connectivity index (χ3n) is 5.71. The lowest BCUT2D eigenvalue weighted by Crippen LogP contribution is -2.14. The highest BCUT2D eigenvalue weighted by Gasteiger charge is 2.64. The van der Waals surface area contributed by atoms with Gasteiger partial charge in [0.05, 0.1) is 0 Å². The molecule has 1 aromatic heterocycles. The molecular weight excluding hydrogens is 260 g/mol. The molecule has 0 atom stereocenters. The van der Waals surface area contributed by atoms with Crippen LogP contribution in [0.4, 0.5) is 11.6 Å². The Hall–Kier alpha value is -1.32. The van der Waals surface area contributed by atoms with Crippen LogP contribution in [-0.4, -0.2) is 23.6 Å². The van der Waals surface area contributed by atoms with E-state index < -0.39 is 0 Å². The van der Waals surface area contributed by atoms with Crippen LogP contribution in [-0.2, 0) is 0 Å². The molecule has 2 rings (SSSR count). The lowest BCUT2D eigenvalue weighted by atomic mass is 10.0. The van der Waals surface area contributed by atoms with Crippen molar-refractivity contribution in [3.05, 3.63) is 11.4 Å². The minimum atomic E-state index is 0.326. The van der Waals surface area contributed by atoms with Crippen molar-refractivity contribution in [3.8, 4) is 0 Å². The van der Waals surface area contributed by atoms with Crippen molar-refractivity contribution in [2.24, 2.45) is 16.7 Å². The molecule has 1 aliphatic carbocycles. The quantitative estimate of drug-likeness (QED) is 0.859. The van der Waals surface area contributed by atoms with Crippen LogP contribution in [0.2, 0.25) is 0 Å². The Kier molecular flexibility index (Phi) is 3.94. The second-order valence-corrected chi connectivity index (χ2v) is 7.69. The molecular formula is C17H30N4. The van der Waals surface area contributed by atoms with Gasteiger partial charge in [0.2, 0.25) is 0 Å². The number of hydrogen-bond donors (Lipinski definition) is 2. The summed E-state index contributed by atoms with van der Waals surface area (Å²) in [5, 5.41) is 6.74. The molecule has 2 N–H and O–H groups in total. The normalized spacial score (nSPS) is 19.7. The monoisotopic (exact) mass is 290 g/mol. The lowest BCUT2D eigenvalue weighted by Gasteiger charge is -2.15. The van der Waals surface area contributed by atoms with E-state index in [4.69, 9.17) is 4.98 Å². The van der Waals surface area contributed by atoms with Crippen LogP contribution in [0.15, 0.2) is 0 Å². The van der Waals surface area contributed by atoms with Crippen LogP contribution in [0.5, 0.6) is 0 Å². The third-order valence-corrected chi connectivity index (χ3v) is 5.71. The van der Waals surface area contributed by atoms with Gasteiger partial charge >= 0.3 is 0 Å². The van der Waals surface area contributed by atoms with Crippen molar-refractivity contribution in [1.29, 1.82) is 0 Å². The average molecular weight is 290 g/mol. The molecule has 0 saturated heterocycles. The maximum atomic E-state index is 4.71. The van der Waals surface area contributed by atoms with Gasteiger partial charge in [0.1, 0.15) is 17.5 Å². The van der Waals surface area contributed by atoms with E-state index in [1.165, 1.54) is 0 Å². The molecule has 0 bridgehead atoms. The molecule has 1 heterocycles. The fourth-order valence-corrected chi connectivity index (χ4v) is 3.25. The van der Waals surface area contributed by atoms with Crippen LogP contribution in [0, 0.1) is 23.7 Å². The molecule has 0 spiro atoms. The van der Waals surface area contributed by atoms with Gasteiger partial charge in [-0.15, -0.1) is 0 Å². The summed E-state index contributed by atoms with van der Waals surface area (Å²) in [7, 11) is 1.91. The smallest absolute Gasteiger partial charge is 0.135 e. The molecule has 1 aromatic rings. The summed E-state index contributed by atoms with van der Waals surface area (Å²) in [5.74, 6) is 3.79. The van der Waals surface area contributed by atoms with Crippen LogP contribution >= 0.6 is 0 Å². The van der Waals surface area contributed by atoms with Gasteiger partial charge in [-0.1, -0.05) is 41.5 Å². The molecule has 1 aliphatic rings. The molecule has 21 heavy (non-hydrogen) atoms. The first kappa shape index (κ1) is 16.1. The molecule has 0 unspecified atom stereocenters. The second kappa shape index (κ2) is 5.15. The third kappa shape index (κ3) is 2.60. The molecule has 4 nitrogen and oxygen atoms in total. The molecule has 1 saturated carbocycles. The van der Waals surface area contributed by atoms with Gasteiger partial charge in [0.15, 0.2) is 0 Å². The highest BCUT2D eigenvalue weighted by molar-refractivity contribution is 5.57. The average Bonchev–Trinajstić information content (AvgIpc) is 2.78. The molecule has 0 radical (unpaired) electrons. The highest BCUT2D eigenvalue weighted by Crippen LogP contribution is 2.68. The fourth-order valence-electron chi connectivity index (χ4n) is 3.25. The van der Waals surface area contributed by atoms with Gasteiger partial charge in [0.25, 0.3) is 0 Å². The molecule has 4 heteroatoms. The predicted octanol–water partition coefficient (Wildman–Crippen LogP) is 4.04. The Morgan fingerprint density at radius 1 is 1.05 bits per heavy atom. The van der Waals surface area contributed by atoms with E-state index in [9.17, 15) is 0 Å². The Bertz CT molecular complexity index is 518. The summed E-state index contributed by atoms with van der Waals surface area (Å²) in [6, 6.07) is 0.